The Morgan fingerprint density at radius 2 is 2.06 bits per heavy atom. The van der Waals surface area contributed by atoms with Crippen LogP contribution in [0.25, 0.3) is 10.9 Å². The number of aromatic nitrogens is 1. The van der Waals surface area contributed by atoms with Crippen molar-refractivity contribution in [2.45, 2.75) is 19.9 Å². The minimum atomic E-state index is 1.07. The number of para-hydroxylation sites is 1. The predicted octanol–water partition coefficient (Wildman–Crippen LogP) is 2.27. The van der Waals surface area contributed by atoms with Gasteiger partial charge in [-0.1, -0.05) is 18.2 Å². The second-order valence-corrected chi connectivity index (χ2v) is 5.15. The molecule has 0 aliphatic carbocycles. The molecule has 0 bridgehead atoms. The van der Waals surface area contributed by atoms with E-state index in [-0.39, 0.29) is 0 Å². The SMILES string of the molecule is Cc1[nH]c2ccccc2c1CN1CCCNCC1. The first kappa shape index (κ1) is 11.8. The van der Waals surface area contributed by atoms with Crippen molar-refractivity contribution in [1.82, 2.24) is 15.2 Å². The van der Waals surface area contributed by atoms with E-state index in [1.54, 1.807) is 0 Å². The van der Waals surface area contributed by atoms with Crippen LogP contribution in [0.1, 0.15) is 17.7 Å². The molecule has 2 N–H and O–H groups in total. The van der Waals surface area contributed by atoms with Crippen LogP contribution in [-0.4, -0.2) is 36.1 Å². The van der Waals surface area contributed by atoms with Crippen molar-refractivity contribution in [3.05, 3.63) is 35.5 Å². The van der Waals surface area contributed by atoms with Crippen molar-refractivity contribution in [2.75, 3.05) is 26.2 Å². The fourth-order valence-electron chi connectivity index (χ4n) is 2.82. The zero-order valence-corrected chi connectivity index (χ0v) is 11.0. The second-order valence-electron chi connectivity index (χ2n) is 5.15. The summed E-state index contributed by atoms with van der Waals surface area (Å²) in [4.78, 5) is 6.05. The van der Waals surface area contributed by atoms with Gasteiger partial charge in [0.15, 0.2) is 0 Å². The zero-order valence-electron chi connectivity index (χ0n) is 11.0. The number of hydrogen-bond acceptors (Lipinski definition) is 2. The molecule has 1 aliphatic rings. The molecule has 0 saturated carbocycles. The van der Waals surface area contributed by atoms with Crippen LogP contribution in [0.15, 0.2) is 24.3 Å². The minimum Gasteiger partial charge on any atom is -0.358 e. The molecule has 1 aromatic heterocycles. The Morgan fingerprint density at radius 1 is 1.17 bits per heavy atom. The summed E-state index contributed by atoms with van der Waals surface area (Å²) in [6, 6.07) is 8.61. The highest BCUT2D eigenvalue weighted by atomic mass is 15.1. The van der Waals surface area contributed by atoms with E-state index in [0.29, 0.717) is 0 Å². The molecule has 18 heavy (non-hydrogen) atoms. The monoisotopic (exact) mass is 243 g/mol. The molecule has 3 heteroatoms. The second kappa shape index (κ2) is 5.12. The van der Waals surface area contributed by atoms with Gasteiger partial charge in [0, 0.05) is 36.2 Å². The molecule has 3 nitrogen and oxygen atoms in total. The molecule has 0 amide bonds. The van der Waals surface area contributed by atoms with Gasteiger partial charge in [0.05, 0.1) is 0 Å². The van der Waals surface area contributed by atoms with E-state index in [1.807, 2.05) is 0 Å². The molecule has 0 unspecified atom stereocenters. The van der Waals surface area contributed by atoms with Gasteiger partial charge >= 0.3 is 0 Å². The summed E-state index contributed by atoms with van der Waals surface area (Å²) in [7, 11) is 0. The van der Waals surface area contributed by atoms with Gasteiger partial charge in [-0.05, 0) is 38.1 Å². The maximum absolute atomic E-state index is 3.49. The third-order valence-corrected chi connectivity index (χ3v) is 3.84. The zero-order chi connectivity index (χ0) is 12.4. The van der Waals surface area contributed by atoms with E-state index in [1.165, 1.54) is 35.1 Å². The Balaban J connectivity index is 1.87. The van der Waals surface area contributed by atoms with Crippen LogP contribution in [0.5, 0.6) is 0 Å². The van der Waals surface area contributed by atoms with Crippen LogP contribution in [0.3, 0.4) is 0 Å². The first-order chi connectivity index (χ1) is 8.84. The molecule has 1 aromatic carbocycles. The van der Waals surface area contributed by atoms with E-state index in [9.17, 15) is 0 Å². The van der Waals surface area contributed by atoms with Crippen LogP contribution in [0.2, 0.25) is 0 Å². The molecular weight excluding hydrogens is 222 g/mol. The molecule has 1 fully saturated rings. The van der Waals surface area contributed by atoms with Gasteiger partial charge in [-0.3, -0.25) is 4.90 Å². The fraction of sp³-hybridized carbons (Fsp3) is 0.467. The number of hydrogen-bond donors (Lipinski definition) is 2. The largest absolute Gasteiger partial charge is 0.358 e. The van der Waals surface area contributed by atoms with E-state index in [0.717, 1.165) is 26.2 Å². The average Bonchev–Trinajstić information content (AvgIpc) is 2.57. The third-order valence-electron chi connectivity index (χ3n) is 3.84. The summed E-state index contributed by atoms with van der Waals surface area (Å²) >= 11 is 0. The first-order valence-electron chi connectivity index (χ1n) is 6.84. The number of H-pyrrole nitrogens is 1. The van der Waals surface area contributed by atoms with Gasteiger partial charge in [0.1, 0.15) is 0 Å². The van der Waals surface area contributed by atoms with Crippen molar-refractivity contribution in [3.63, 3.8) is 0 Å². The van der Waals surface area contributed by atoms with E-state index < -0.39 is 0 Å². The maximum atomic E-state index is 3.49. The van der Waals surface area contributed by atoms with E-state index in [2.05, 4.69) is 46.4 Å². The number of nitrogens with zero attached hydrogens (tertiary/aromatic N) is 1. The summed E-state index contributed by atoms with van der Waals surface area (Å²) in [6.45, 7) is 7.87. The van der Waals surface area contributed by atoms with Crippen molar-refractivity contribution in [3.8, 4) is 0 Å². The molecule has 0 radical (unpaired) electrons. The van der Waals surface area contributed by atoms with Gasteiger partial charge in [0.25, 0.3) is 0 Å². The third kappa shape index (κ3) is 2.28. The highest BCUT2D eigenvalue weighted by Crippen LogP contribution is 2.23. The fourth-order valence-corrected chi connectivity index (χ4v) is 2.82. The topological polar surface area (TPSA) is 31.1 Å². The lowest BCUT2D eigenvalue weighted by atomic mass is 10.1. The smallest absolute Gasteiger partial charge is 0.0459 e. The van der Waals surface area contributed by atoms with Gasteiger partial charge in [-0.15, -0.1) is 0 Å². The highest BCUT2D eigenvalue weighted by molar-refractivity contribution is 5.84. The van der Waals surface area contributed by atoms with Gasteiger partial charge in [0.2, 0.25) is 0 Å². The molecule has 2 aromatic rings. The van der Waals surface area contributed by atoms with E-state index >= 15 is 0 Å². The van der Waals surface area contributed by atoms with Crippen LogP contribution >= 0.6 is 0 Å². The van der Waals surface area contributed by atoms with Crippen molar-refractivity contribution in [1.29, 1.82) is 0 Å². The molecule has 2 heterocycles. The van der Waals surface area contributed by atoms with Gasteiger partial charge in [-0.25, -0.2) is 0 Å². The molecule has 0 atom stereocenters. The van der Waals surface area contributed by atoms with Gasteiger partial charge in [-0.2, -0.15) is 0 Å². The summed E-state index contributed by atoms with van der Waals surface area (Å²) in [6.07, 6.45) is 1.25. The Kier molecular flexibility index (Phi) is 3.35. The number of fused-ring (bicyclic) bond motifs is 1. The standard InChI is InChI=1S/C15H21N3/c1-12-14(11-18-9-4-7-16-8-10-18)13-5-2-3-6-15(13)17-12/h2-3,5-6,16-17H,4,7-11H2,1H3. The Morgan fingerprint density at radius 3 is 3.00 bits per heavy atom. The normalized spacial score (nSPS) is 18.1. The number of rotatable bonds is 2. The summed E-state index contributed by atoms with van der Waals surface area (Å²) in [5.74, 6) is 0. The van der Waals surface area contributed by atoms with Crippen LogP contribution < -0.4 is 5.32 Å². The van der Waals surface area contributed by atoms with Crippen LogP contribution in [0, 0.1) is 6.92 Å². The average molecular weight is 243 g/mol. The Labute approximate surface area is 108 Å². The lowest BCUT2D eigenvalue weighted by Gasteiger charge is -2.19. The van der Waals surface area contributed by atoms with Crippen molar-refractivity contribution < 1.29 is 0 Å². The summed E-state index contributed by atoms with van der Waals surface area (Å²) < 4.78 is 0. The lowest BCUT2D eigenvalue weighted by molar-refractivity contribution is 0.285. The first-order valence-corrected chi connectivity index (χ1v) is 6.84. The lowest BCUT2D eigenvalue weighted by Crippen LogP contribution is -2.27. The molecule has 3 rings (SSSR count). The Bertz CT molecular complexity index is 522. The van der Waals surface area contributed by atoms with Crippen molar-refractivity contribution in [2.24, 2.45) is 0 Å². The number of aromatic amines is 1. The Hall–Kier alpha value is -1.32. The summed E-state index contributed by atoms with van der Waals surface area (Å²) in [5.41, 5.74) is 4.04. The molecule has 96 valence electrons. The number of benzene rings is 1. The molecule has 1 aliphatic heterocycles. The molecule has 0 spiro atoms. The molecule has 1 saturated heterocycles. The van der Waals surface area contributed by atoms with Crippen LogP contribution in [-0.2, 0) is 6.54 Å². The minimum absolute atomic E-state index is 1.07. The number of aryl methyl sites for hydroxylation is 1. The van der Waals surface area contributed by atoms with Crippen molar-refractivity contribution >= 4 is 10.9 Å². The van der Waals surface area contributed by atoms with Crippen LogP contribution in [0.4, 0.5) is 0 Å². The molecular formula is C15H21N3. The van der Waals surface area contributed by atoms with E-state index in [4.69, 9.17) is 0 Å². The van der Waals surface area contributed by atoms with Gasteiger partial charge < -0.3 is 10.3 Å². The quantitative estimate of drug-likeness (QED) is 0.848. The summed E-state index contributed by atoms with van der Waals surface area (Å²) in [5, 5.41) is 4.84. The highest BCUT2D eigenvalue weighted by Gasteiger charge is 2.13. The maximum Gasteiger partial charge on any atom is 0.0459 e. The number of nitrogens with one attached hydrogen (secondary N) is 2. The predicted molar refractivity (Wildman–Crippen MR) is 75.8 cm³/mol.